The SMILES string of the molecule is Cc1nn(-c2ccccc2)c(C)c1P(C)(=S)c1ccccc1. The summed E-state index contributed by atoms with van der Waals surface area (Å²) in [4.78, 5) is 0. The van der Waals surface area contributed by atoms with E-state index in [0.717, 1.165) is 17.1 Å². The van der Waals surface area contributed by atoms with Gasteiger partial charge in [0.1, 0.15) is 0 Å². The Labute approximate surface area is 136 Å². The quantitative estimate of drug-likeness (QED) is 0.685. The molecule has 0 aliphatic carbocycles. The lowest BCUT2D eigenvalue weighted by Crippen LogP contribution is -2.18. The van der Waals surface area contributed by atoms with Gasteiger partial charge >= 0.3 is 0 Å². The summed E-state index contributed by atoms with van der Waals surface area (Å²) in [6, 6.07) is 18.8. The van der Waals surface area contributed by atoms with Crippen LogP contribution in [0.4, 0.5) is 0 Å². The zero-order chi connectivity index (χ0) is 15.7. The lowest BCUT2D eigenvalue weighted by Gasteiger charge is -2.18. The maximum atomic E-state index is 6.07. The molecule has 3 aromatic rings. The molecule has 2 aromatic carbocycles. The molecule has 2 nitrogen and oxygen atoms in total. The molecule has 0 fully saturated rings. The first-order valence-corrected chi connectivity index (χ1v) is 10.5. The van der Waals surface area contributed by atoms with Gasteiger partial charge in [-0.1, -0.05) is 60.3 Å². The Morgan fingerprint density at radius 3 is 2.05 bits per heavy atom. The van der Waals surface area contributed by atoms with Crippen molar-refractivity contribution >= 4 is 28.5 Å². The fourth-order valence-electron chi connectivity index (χ4n) is 2.91. The fourth-order valence-corrected chi connectivity index (χ4v) is 6.45. The number of aromatic nitrogens is 2. The van der Waals surface area contributed by atoms with E-state index >= 15 is 0 Å². The van der Waals surface area contributed by atoms with Gasteiger partial charge in [-0.3, -0.25) is 0 Å². The highest BCUT2D eigenvalue weighted by atomic mass is 32.4. The molecule has 0 saturated heterocycles. The maximum absolute atomic E-state index is 6.07. The maximum Gasteiger partial charge on any atom is 0.0688 e. The summed E-state index contributed by atoms with van der Waals surface area (Å²) in [6.07, 6.45) is 0. The third-order valence-electron chi connectivity index (χ3n) is 3.93. The molecule has 0 saturated carbocycles. The van der Waals surface area contributed by atoms with Gasteiger partial charge in [0, 0.05) is 11.3 Å². The Morgan fingerprint density at radius 1 is 0.909 bits per heavy atom. The van der Waals surface area contributed by atoms with Gasteiger partial charge in [0.05, 0.1) is 17.1 Å². The third-order valence-corrected chi connectivity index (χ3v) is 7.89. The molecule has 4 heteroatoms. The molecule has 0 N–H and O–H groups in total. The van der Waals surface area contributed by atoms with Gasteiger partial charge in [-0.25, -0.2) is 4.68 Å². The van der Waals surface area contributed by atoms with Gasteiger partial charge in [-0.05, 0) is 37.9 Å². The Balaban J connectivity index is 2.17. The van der Waals surface area contributed by atoms with Crippen molar-refractivity contribution in [2.45, 2.75) is 13.8 Å². The molecule has 0 spiro atoms. The second kappa shape index (κ2) is 5.83. The van der Waals surface area contributed by atoms with Gasteiger partial charge in [0.15, 0.2) is 0 Å². The molecule has 0 radical (unpaired) electrons. The first-order valence-electron chi connectivity index (χ1n) is 7.27. The van der Waals surface area contributed by atoms with Crippen molar-refractivity contribution in [1.29, 1.82) is 0 Å². The number of hydrogen-bond acceptors (Lipinski definition) is 2. The van der Waals surface area contributed by atoms with Crippen molar-refractivity contribution in [2.24, 2.45) is 0 Å². The highest BCUT2D eigenvalue weighted by Gasteiger charge is 2.25. The second-order valence-corrected chi connectivity index (χ2v) is 10.5. The minimum Gasteiger partial charge on any atom is -0.237 e. The van der Waals surface area contributed by atoms with Gasteiger partial charge in [0.2, 0.25) is 0 Å². The van der Waals surface area contributed by atoms with E-state index in [1.807, 2.05) is 28.9 Å². The largest absolute Gasteiger partial charge is 0.237 e. The van der Waals surface area contributed by atoms with Gasteiger partial charge in [0.25, 0.3) is 0 Å². The lowest BCUT2D eigenvalue weighted by atomic mass is 10.3. The monoisotopic (exact) mass is 326 g/mol. The summed E-state index contributed by atoms with van der Waals surface area (Å²) in [6.45, 7) is 6.38. The summed E-state index contributed by atoms with van der Waals surface area (Å²) in [7, 11) is 0. The molecule has 0 aliphatic rings. The van der Waals surface area contributed by atoms with Gasteiger partial charge in [-0.2, -0.15) is 5.10 Å². The molecule has 1 heterocycles. The van der Waals surface area contributed by atoms with E-state index in [1.165, 1.54) is 10.6 Å². The number of para-hydroxylation sites is 1. The molecule has 22 heavy (non-hydrogen) atoms. The van der Waals surface area contributed by atoms with Gasteiger partial charge < -0.3 is 0 Å². The van der Waals surface area contributed by atoms with Crippen LogP contribution in [0.5, 0.6) is 0 Å². The molecular weight excluding hydrogens is 307 g/mol. The van der Waals surface area contributed by atoms with Crippen LogP contribution >= 0.6 is 6.04 Å². The van der Waals surface area contributed by atoms with Crippen molar-refractivity contribution < 1.29 is 0 Å². The number of nitrogens with zero attached hydrogens (tertiary/aromatic N) is 2. The average Bonchev–Trinajstić information content (AvgIpc) is 2.84. The van der Waals surface area contributed by atoms with Crippen LogP contribution < -0.4 is 10.6 Å². The molecule has 0 amide bonds. The lowest BCUT2D eigenvalue weighted by molar-refractivity contribution is 0.834. The van der Waals surface area contributed by atoms with E-state index in [0.29, 0.717) is 0 Å². The summed E-state index contributed by atoms with van der Waals surface area (Å²) >= 11 is 6.07. The second-order valence-electron chi connectivity index (χ2n) is 5.53. The van der Waals surface area contributed by atoms with Gasteiger partial charge in [-0.15, -0.1) is 0 Å². The van der Waals surface area contributed by atoms with Crippen LogP contribution in [0.15, 0.2) is 60.7 Å². The van der Waals surface area contributed by atoms with Crippen molar-refractivity contribution in [3.63, 3.8) is 0 Å². The van der Waals surface area contributed by atoms with Crippen LogP contribution in [-0.2, 0) is 11.8 Å². The van der Waals surface area contributed by atoms with E-state index in [-0.39, 0.29) is 0 Å². The molecule has 1 atom stereocenters. The summed E-state index contributed by atoms with van der Waals surface area (Å²) in [5, 5.41) is 7.22. The molecule has 112 valence electrons. The minimum atomic E-state index is -1.82. The van der Waals surface area contributed by atoms with Crippen molar-refractivity contribution in [3.05, 3.63) is 72.1 Å². The minimum absolute atomic E-state index is 1.04. The zero-order valence-electron chi connectivity index (χ0n) is 13.0. The van der Waals surface area contributed by atoms with Crippen molar-refractivity contribution in [1.82, 2.24) is 9.78 Å². The number of benzene rings is 2. The molecular formula is C18H19N2PS. The average molecular weight is 326 g/mol. The standard InChI is InChI=1S/C18H19N2PS/c1-14-18(21(3,22)17-12-8-5-9-13-17)15(2)20(19-14)16-10-6-4-7-11-16/h4-13H,1-3H3. The predicted molar refractivity (Wildman–Crippen MR) is 99.0 cm³/mol. The van der Waals surface area contributed by atoms with E-state index in [2.05, 4.69) is 56.9 Å². The highest BCUT2D eigenvalue weighted by Crippen LogP contribution is 2.41. The molecule has 3 rings (SSSR count). The van der Waals surface area contributed by atoms with Crippen LogP contribution in [0.25, 0.3) is 5.69 Å². The zero-order valence-corrected chi connectivity index (χ0v) is 14.7. The van der Waals surface area contributed by atoms with Crippen LogP contribution in [-0.4, -0.2) is 16.4 Å². The van der Waals surface area contributed by atoms with Crippen molar-refractivity contribution in [3.8, 4) is 5.69 Å². The van der Waals surface area contributed by atoms with Crippen LogP contribution in [0.3, 0.4) is 0 Å². The third kappa shape index (κ3) is 2.55. The van der Waals surface area contributed by atoms with E-state index in [4.69, 9.17) is 16.9 Å². The molecule has 0 bridgehead atoms. The topological polar surface area (TPSA) is 17.8 Å². The normalized spacial score (nSPS) is 13.8. The number of rotatable bonds is 3. The number of aryl methyl sites for hydroxylation is 1. The Kier molecular flexibility index (Phi) is 4.03. The van der Waals surface area contributed by atoms with Crippen LogP contribution in [0.2, 0.25) is 0 Å². The Bertz CT molecular complexity index is 838. The number of hydrogen-bond donors (Lipinski definition) is 0. The molecule has 1 unspecified atom stereocenters. The smallest absolute Gasteiger partial charge is 0.0688 e. The summed E-state index contributed by atoms with van der Waals surface area (Å²) in [5.74, 6) is 0. The Morgan fingerprint density at radius 2 is 1.45 bits per heavy atom. The summed E-state index contributed by atoms with van der Waals surface area (Å²) in [5.41, 5.74) is 3.27. The van der Waals surface area contributed by atoms with E-state index < -0.39 is 6.04 Å². The first kappa shape index (κ1) is 15.2. The van der Waals surface area contributed by atoms with Crippen molar-refractivity contribution in [2.75, 3.05) is 6.66 Å². The first-order chi connectivity index (χ1) is 10.5. The predicted octanol–water partition coefficient (Wildman–Crippen LogP) is 3.55. The van der Waals surface area contributed by atoms with E-state index in [9.17, 15) is 0 Å². The summed E-state index contributed by atoms with van der Waals surface area (Å²) < 4.78 is 2.01. The highest BCUT2D eigenvalue weighted by molar-refractivity contribution is 8.21. The molecule has 0 aliphatic heterocycles. The van der Waals surface area contributed by atoms with Crippen LogP contribution in [0, 0.1) is 13.8 Å². The van der Waals surface area contributed by atoms with Crippen LogP contribution in [0.1, 0.15) is 11.4 Å². The molecule has 1 aromatic heterocycles. The van der Waals surface area contributed by atoms with E-state index in [1.54, 1.807) is 0 Å². The Hall–Kier alpha value is -1.70. The fraction of sp³-hybridized carbons (Fsp3) is 0.167.